The van der Waals surface area contributed by atoms with Gasteiger partial charge in [-0.3, -0.25) is 0 Å². The number of benzene rings is 1. The van der Waals surface area contributed by atoms with Crippen molar-refractivity contribution >= 4 is 11.7 Å². The maximum atomic E-state index is 12.3. The number of nitrogens with one attached hydrogen (secondary N) is 1. The Kier molecular flexibility index (Phi) is 5.24. The van der Waals surface area contributed by atoms with Gasteiger partial charge < -0.3 is 15.3 Å². The Labute approximate surface area is 126 Å². The van der Waals surface area contributed by atoms with Gasteiger partial charge in [-0.2, -0.15) is 0 Å². The molecule has 1 aromatic rings. The number of aryl methyl sites for hydroxylation is 1. The third-order valence-corrected chi connectivity index (χ3v) is 3.72. The molecule has 2 rings (SSSR count). The summed E-state index contributed by atoms with van der Waals surface area (Å²) in [6.07, 6.45) is 2.27. The number of carbonyl (C=O) groups is 1. The van der Waals surface area contributed by atoms with Crippen LogP contribution in [0, 0.1) is 24.7 Å². The minimum Gasteiger partial charge on any atom is -0.384 e. The summed E-state index contributed by atoms with van der Waals surface area (Å²) in [4.78, 5) is 14.2. The molecule has 1 atom stereocenters. The van der Waals surface area contributed by atoms with Gasteiger partial charge in [0.1, 0.15) is 6.61 Å². The largest absolute Gasteiger partial charge is 0.384 e. The van der Waals surface area contributed by atoms with E-state index in [0.717, 1.165) is 36.3 Å². The summed E-state index contributed by atoms with van der Waals surface area (Å²) >= 11 is 0. The lowest BCUT2D eigenvalue weighted by Crippen LogP contribution is -2.41. The second kappa shape index (κ2) is 7.14. The fraction of sp³-hybridized carbons (Fsp3) is 0.471. The van der Waals surface area contributed by atoms with Crippen LogP contribution in [-0.2, 0) is 0 Å². The van der Waals surface area contributed by atoms with Gasteiger partial charge in [0.2, 0.25) is 0 Å². The first-order valence-electron chi connectivity index (χ1n) is 7.36. The summed E-state index contributed by atoms with van der Waals surface area (Å²) in [5.41, 5.74) is 2.62. The highest BCUT2D eigenvalue weighted by Crippen LogP contribution is 2.19. The quantitative estimate of drug-likeness (QED) is 0.780. The monoisotopic (exact) mass is 286 g/mol. The van der Waals surface area contributed by atoms with Crippen molar-refractivity contribution in [3.8, 4) is 11.8 Å². The Morgan fingerprint density at radius 1 is 1.52 bits per heavy atom. The predicted molar refractivity (Wildman–Crippen MR) is 84.1 cm³/mol. The van der Waals surface area contributed by atoms with E-state index in [0.29, 0.717) is 5.92 Å². The number of hydrogen-bond acceptors (Lipinski definition) is 2. The molecule has 4 nitrogen and oxygen atoms in total. The molecule has 1 saturated heterocycles. The van der Waals surface area contributed by atoms with Crippen molar-refractivity contribution in [1.29, 1.82) is 0 Å². The maximum Gasteiger partial charge on any atom is 0.321 e. The molecule has 112 valence electrons. The molecule has 1 aliphatic heterocycles. The standard InChI is InChI=1S/C17H22N2O2/c1-13-5-3-9-19(12-13)17(21)18-16-8-7-15(6-4-10-20)11-14(16)2/h7-8,11,13,20H,3,5,9-10,12H2,1-2H3,(H,18,21). The molecule has 2 amide bonds. The van der Waals surface area contributed by atoms with Crippen molar-refractivity contribution in [2.24, 2.45) is 5.92 Å². The number of hydrogen-bond donors (Lipinski definition) is 2. The molecule has 0 bridgehead atoms. The molecule has 21 heavy (non-hydrogen) atoms. The molecule has 0 aromatic heterocycles. The SMILES string of the molecule is Cc1cc(C#CCO)ccc1NC(=O)N1CCCC(C)C1. The third-order valence-electron chi connectivity index (χ3n) is 3.72. The molecule has 1 aromatic carbocycles. The molecular weight excluding hydrogens is 264 g/mol. The van der Waals surface area contributed by atoms with Crippen molar-refractivity contribution in [2.45, 2.75) is 26.7 Å². The zero-order chi connectivity index (χ0) is 15.2. The Balaban J connectivity index is 2.03. The highest BCUT2D eigenvalue weighted by atomic mass is 16.2. The molecule has 4 heteroatoms. The van der Waals surface area contributed by atoms with E-state index in [2.05, 4.69) is 24.1 Å². The lowest BCUT2D eigenvalue weighted by Gasteiger charge is -2.31. The summed E-state index contributed by atoms with van der Waals surface area (Å²) in [5, 5.41) is 11.7. The van der Waals surface area contributed by atoms with E-state index in [1.807, 2.05) is 30.0 Å². The zero-order valence-electron chi connectivity index (χ0n) is 12.6. The Morgan fingerprint density at radius 3 is 3.00 bits per heavy atom. The topological polar surface area (TPSA) is 52.6 Å². The van der Waals surface area contributed by atoms with Gasteiger partial charge in [0.25, 0.3) is 0 Å². The predicted octanol–water partition coefficient (Wildman–Crippen LogP) is 2.60. The van der Waals surface area contributed by atoms with Crippen LogP contribution in [0.4, 0.5) is 10.5 Å². The van der Waals surface area contributed by atoms with Crippen molar-refractivity contribution in [1.82, 2.24) is 4.90 Å². The molecule has 2 N–H and O–H groups in total. The number of carbonyl (C=O) groups excluding carboxylic acids is 1. The summed E-state index contributed by atoms with van der Waals surface area (Å²) in [7, 11) is 0. The van der Waals surface area contributed by atoms with Gasteiger partial charge in [0.15, 0.2) is 0 Å². The van der Waals surface area contributed by atoms with Crippen molar-refractivity contribution in [2.75, 3.05) is 25.0 Å². The van der Waals surface area contributed by atoms with Gasteiger partial charge in [-0.15, -0.1) is 0 Å². The van der Waals surface area contributed by atoms with E-state index < -0.39 is 0 Å². The highest BCUT2D eigenvalue weighted by molar-refractivity contribution is 5.90. The second-order valence-electron chi connectivity index (χ2n) is 5.61. The molecule has 0 aliphatic carbocycles. The van der Waals surface area contributed by atoms with E-state index in [-0.39, 0.29) is 12.6 Å². The van der Waals surface area contributed by atoms with Gasteiger partial charge in [-0.05, 0) is 49.4 Å². The highest BCUT2D eigenvalue weighted by Gasteiger charge is 2.21. The third kappa shape index (κ3) is 4.24. The van der Waals surface area contributed by atoms with Crippen LogP contribution in [0.2, 0.25) is 0 Å². The van der Waals surface area contributed by atoms with Crippen LogP contribution in [0.25, 0.3) is 0 Å². The smallest absolute Gasteiger partial charge is 0.321 e. The number of nitrogens with zero attached hydrogens (tertiary/aromatic N) is 1. The molecular formula is C17H22N2O2. The number of anilines is 1. The van der Waals surface area contributed by atoms with E-state index in [4.69, 9.17) is 5.11 Å². The molecule has 0 spiro atoms. The second-order valence-corrected chi connectivity index (χ2v) is 5.61. The number of piperidine rings is 1. The summed E-state index contributed by atoms with van der Waals surface area (Å²) in [6, 6.07) is 5.60. The fourth-order valence-corrected chi connectivity index (χ4v) is 2.59. The van der Waals surface area contributed by atoms with Gasteiger partial charge in [-0.1, -0.05) is 18.8 Å². The van der Waals surface area contributed by atoms with Crippen LogP contribution in [0.1, 0.15) is 30.9 Å². The minimum absolute atomic E-state index is 0.0288. The first kappa shape index (κ1) is 15.4. The summed E-state index contributed by atoms with van der Waals surface area (Å²) in [6.45, 7) is 5.63. The first-order chi connectivity index (χ1) is 10.1. The lowest BCUT2D eigenvalue weighted by molar-refractivity contribution is 0.182. The fourth-order valence-electron chi connectivity index (χ4n) is 2.59. The van der Waals surface area contributed by atoms with Crippen molar-refractivity contribution < 1.29 is 9.90 Å². The number of urea groups is 1. The number of likely N-dealkylation sites (tertiary alicyclic amines) is 1. The van der Waals surface area contributed by atoms with Crippen molar-refractivity contribution in [3.05, 3.63) is 29.3 Å². The molecule has 1 unspecified atom stereocenters. The average molecular weight is 286 g/mol. The Morgan fingerprint density at radius 2 is 2.33 bits per heavy atom. The lowest BCUT2D eigenvalue weighted by atomic mass is 10.0. The van der Waals surface area contributed by atoms with E-state index in [9.17, 15) is 4.79 Å². The average Bonchev–Trinajstić information content (AvgIpc) is 2.47. The summed E-state index contributed by atoms with van der Waals surface area (Å²) in [5.74, 6) is 6.05. The van der Waals surface area contributed by atoms with Gasteiger partial charge in [0, 0.05) is 24.3 Å². The van der Waals surface area contributed by atoms with Gasteiger partial charge in [-0.25, -0.2) is 4.79 Å². The molecule has 0 saturated carbocycles. The maximum absolute atomic E-state index is 12.3. The van der Waals surface area contributed by atoms with Crippen LogP contribution in [-0.4, -0.2) is 35.7 Å². The molecule has 1 fully saturated rings. The zero-order valence-corrected chi connectivity index (χ0v) is 12.6. The van der Waals surface area contributed by atoms with E-state index in [1.165, 1.54) is 6.42 Å². The van der Waals surface area contributed by atoms with E-state index in [1.54, 1.807) is 0 Å². The van der Waals surface area contributed by atoms with Crippen LogP contribution < -0.4 is 5.32 Å². The number of aliphatic hydroxyl groups is 1. The van der Waals surface area contributed by atoms with Gasteiger partial charge >= 0.3 is 6.03 Å². The molecule has 1 heterocycles. The minimum atomic E-state index is -0.148. The summed E-state index contributed by atoms with van der Waals surface area (Å²) < 4.78 is 0. The van der Waals surface area contributed by atoms with Crippen LogP contribution in [0.15, 0.2) is 18.2 Å². The number of amides is 2. The molecule has 0 radical (unpaired) electrons. The van der Waals surface area contributed by atoms with Gasteiger partial charge in [0.05, 0.1) is 0 Å². The van der Waals surface area contributed by atoms with Crippen LogP contribution >= 0.6 is 0 Å². The first-order valence-corrected chi connectivity index (χ1v) is 7.36. The normalized spacial score (nSPS) is 17.9. The van der Waals surface area contributed by atoms with E-state index >= 15 is 0 Å². The Hall–Kier alpha value is -1.99. The number of aliphatic hydroxyl groups excluding tert-OH is 1. The van der Waals surface area contributed by atoms with Crippen LogP contribution in [0.3, 0.4) is 0 Å². The van der Waals surface area contributed by atoms with Crippen molar-refractivity contribution in [3.63, 3.8) is 0 Å². The Bertz CT molecular complexity index is 572. The number of rotatable bonds is 1. The molecule has 1 aliphatic rings. The van der Waals surface area contributed by atoms with Crippen LogP contribution in [0.5, 0.6) is 0 Å².